The largest absolute Gasteiger partial charge is 0.481 e. The number of hydrogen-bond acceptors (Lipinski definition) is 4. The lowest BCUT2D eigenvalue weighted by Gasteiger charge is -2.36. The Morgan fingerprint density at radius 2 is 2.08 bits per heavy atom. The zero-order valence-corrected chi connectivity index (χ0v) is 14.7. The first kappa shape index (κ1) is 17.8. The van der Waals surface area contributed by atoms with Crippen molar-refractivity contribution >= 4 is 5.91 Å². The van der Waals surface area contributed by atoms with E-state index in [4.69, 9.17) is 15.9 Å². The second kappa shape index (κ2) is 8.89. The summed E-state index contributed by atoms with van der Waals surface area (Å²) in [5.74, 6) is 3.72. The highest BCUT2D eigenvalue weighted by atomic mass is 16.5. The van der Waals surface area contributed by atoms with E-state index in [1.54, 1.807) is 0 Å². The minimum atomic E-state index is 0.0886. The van der Waals surface area contributed by atoms with Gasteiger partial charge in [0.15, 0.2) is 0 Å². The number of amides is 1. The van der Waals surface area contributed by atoms with Crippen LogP contribution in [-0.4, -0.2) is 61.7 Å². The summed E-state index contributed by atoms with van der Waals surface area (Å²) < 4.78 is 11.0. The van der Waals surface area contributed by atoms with Crippen molar-refractivity contribution in [2.45, 2.75) is 19.4 Å². The molecule has 0 bridgehead atoms. The van der Waals surface area contributed by atoms with E-state index in [1.807, 2.05) is 23.1 Å². The lowest BCUT2D eigenvalue weighted by molar-refractivity contribution is -0.141. The summed E-state index contributed by atoms with van der Waals surface area (Å²) in [7, 11) is 0. The Hall–Kier alpha value is -2.03. The number of benzene rings is 1. The maximum Gasteiger partial charge on any atom is 0.227 e. The van der Waals surface area contributed by atoms with Crippen LogP contribution in [-0.2, 0) is 16.1 Å². The molecule has 1 amide bonds. The Bertz CT molecular complexity index is 620. The van der Waals surface area contributed by atoms with E-state index in [-0.39, 0.29) is 18.4 Å². The van der Waals surface area contributed by atoms with Crippen molar-refractivity contribution in [1.29, 1.82) is 0 Å². The Labute approximate surface area is 149 Å². The number of terminal acetylenes is 1. The average Bonchev–Trinajstić information content (AvgIpc) is 2.67. The van der Waals surface area contributed by atoms with Crippen molar-refractivity contribution in [3.63, 3.8) is 0 Å². The lowest BCUT2D eigenvalue weighted by Crippen LogP contribution is -2.48. The van der Waals surface area contributed by atoms with Crippen LogP contribution >= 0.6 is 0 Å². The molecule has 2 heterocycles. The van der Waals surface area contributed by atoms with Crippen molar-refractivity contribution in [2.75, 3.05) is 46.0 Å². The summed E-state index contributed by atoms with van der Waals surface area (Å²) in [6, 6.07) is 7.99. The molecule has 2 saturated heterocycles. The number of hydrogen-bond donors (Lipinski definition) is 0. The predicted octanol–water partition coefficient (Wildman–Crippen LogP) is 1.77. The first-order valence-electron chi connectivity index (χ1n) is 9.01. The van der Waals surface area contributed by atoms with Crippen LogP contribution in [0, 0.1) is 18.3 Å². The number of rotatable bonds is 5. The number of ether oxygens (including phenoxy) is 2. The molecule has 0 aromatic heterocycles. The summed E-state index contributed by atoms with van der Waals surface area (Å²) in [4.78, 5) is 17.1. The number of nitrogens with zero attached hydrogens (tertiary/aromatic N) is 2. The van der Waals surface area contributed by atoms with Crippen molar-refractivity contribution in [1.82, 2.24) is 9.80 Å². The third-order valence-corrected chi connectivity index (χ3v) is 4.86. The zero-order chi connectivity index (χ0) is 17.5. The summed E-state index contributed by atoms with van der Waals surface area (Å²) in [5.41, 5.74) is 1.12. The van der Waals surface area contributed by atoms with Gasteiger partial charge in [-0.15, -0.1) is 6.42 Å². The average molecular weight is 342 g/mol. The second-order valence-electron chi connectivity index (χ2n) is 6.61. The van der Waals surface area contributed by atoms with Gasteiger partial charge in [0.2, 0.25) is 5.91 Å². The van der Waals surface area contributed by atoms with Crippen LogP contribution in [0.5, 0.6) is 5.75 Å². The van der Waals surface area contributed by atoms with E-state index >= 15 is 0 Å². The van der Waals surface area contributed by atoms with Crippen molar-refractivity contribution < 1.29 is 14.3 Å². The van der Waals surface area contributed by atoms with Crippen LogP contribution in [0.3, 0.4) is 0 Å². The Morgan fingerprint density at radius 1 is 1.28 bits per heavy atom. The second-order valence-corrected chi connectivity index (χ2v) is 6.61. The van der Waals surface area contributed by atoms with Gasteiger partial charge < -0.3 is 14.4 Å². The number of carbonyl (C=O) groups excluding carboxylic acids is 1. The van der Waals surface area contributed by atoms with Crippen molar-refractivity contribution in [3.8, 4) is 18.1 Å². The van der Waals surface area contributed by atoms with Gasteiger partial charge in [0, 0.05) is 31.7 Å². The number of piperidine rings is 1. The van der Waals surface area contributed by atoms with E-state index < -0.39 is 0 Å². The van der Waals surface area contributed by atoms with Gasteiger partial charge in [0.05, 0.1) is 19.1 Å². The molecule has 2 fully saturated rings. The molecule has 1 aromatic rings. The van der Waals surface area contributed by atoms with Crippen LogP contribution < -0.4 is 4.74 Å². The van der Waals surface area contributed by atoms with Crippen LogP contribution in [0.4, 0.5) is 0 Å². The van der Waals surface area contributed by atoms with Crippen LogP contribution in [0.1, 0.15) is 18.4 Å². The quantitative estimate of drug-likeness (QED) is 0.765. The Morgan fingerprint density at radius 3 is 2.88 bits per heavy atom. The van der Waals surface area contributed by atoms with E-state index in [1.165, 1.54) is 0 Å². The van der Waals surface area contributed by atoms with Gasteiger partial charge in [0.25, 0.3) is 0 Å². The van der Waals surface area contributed by atoms with Gasteiger partial charge in [-0.05, 0) is 25.5 Å². The molecular formula is C20H26N2O3. The molecule has 3 rings (SSSR count). The van der Waals surface area contributed by atoms with Crippen LogP contribution in [0.25, 0.3) is 0 Å². The van der Waals surface area contributed by atoms with Gasteiger partial charge in [-0.1, -0.05) is 24.1 Å². The summed E-state index contributed by atoms with van der Waals surface area (Å²) in [6.45, 7) is 5.62. The minimum Gasteiger partial charge on any atom is -0.481 e. The molecule has 0 radical (unpaired) electrons. The molecular weight excluding hydrogens is 316 g/mol. The maximum atomic E-state index is 12.8. The normalized spacial score (nSPS) is 21.6. The molecule has 0 aliphatic carbocycles. The fourth-order valence-electron chi connectivity index (χ4n) is 3.58. The molecule has 5 heteroatoms. The van der Waals surface area contributed by atoms with Gasteiger partial charge in [-0.3, -0.25) is 9.69 Å². The smallest absolute Gasteiger partial charge is 0.227 e. The lowest BCUT2D eigenvalue weighted by atomic mass is 9.95. The van der Waals surface area contributed by atoms with Gasteiger partial charge in [0.1, 0.15) is 12.4 Å². The highest BCUT2D eigenvalue weighted by Gasteiger charge is 2.30. The van der Waals surface area contributed by atoms with E-state index in [2.05, 4.69) is 16.9 Å². The molecule has 1 atom stereocenters. The molecule has 1 aromatic carbocycles. The molecule has 5 nitrogen and oxygen atoms in total. The summed E-state index contributed by atoms with van der Waals surface area (Å²) in [5, 5.41) is 0. The van der Waals surface area contributed by atoms with Crippen LogP contribution in [0.15, 0.2) is 24.3 Å². The number of para-hydroxylation sites is 1. The third kappa shape index (κ3) is 4.75. The first-order valence-corrected chi connectivity index (χ1v) is 9.01. The molecule has 0 N–H and O–H groups in total. The van der Waals surface area contributed by atoms with E-state index in [0.29, 0.717) is 13.2 Å². The van der Waals surface area contributed by atoms with E-state index in [0.717, 1.165) is 56.9 Å². The Kier molecular flexibility index (Phi) is 6.32. The topological polar surface area (TPSA) is 42.0 Å². The highest BCUT2D eigenvalue weighted by Crippen LogP contribution is 2.24. The zero-order valence-electron chi connectivity index (χ0n) is 14.7. The minimum absolute atomic E-state index is 0.0886. The Balaban J connectivity index is 1.60. The standard InChI is InChI=1S/C20H26N2O3/c1-2-12-25-19-8-4-3-6-17(19)15-21-9-5-7-18(16-21)20(23)22-10-13-24-14-11-22/h1,3-4,6,8,18H,5,7,9-16H2. The number of likely N-dealkylation sites (tertiary alicyclic amines) is 1. The first-order chi connectivity index (χ1) is 12.3. The molecule has 2 aliphatic rings. The van der Waals surface area contributed by atoms with Gasteiger partial charge in [-0.25, -0.2) is 0 Å². The molecule has 0 saturated carbocycles. The highest BCUT2D eigenvalue weighted by molar-refractivity contribution is 5.79. The summed E-state index contributed by atoms with van der Waals surface area (Å²) >= 11 is 0. The SMILES string of the molecule is C#CCOc1ccccc1CN1CCCC(C(=O)N2CCOCC2)C1. The number of morpholine rings is 1. The monoisotopic (exact) mass is 342 g/mol. The fourth-order valence-corrected chi connectivity index (χ4v) is 3.58. The van der Waals surface area contributed by atoms with Gasteiger partial charge >= 0.3 is 0 Å². The molecule has 0 spiro atoms. The maximum absolute atomic E-state index is 12.8. The third-order valence-electron chi connectivity index (χ3n) is 4.86. The number of carbonyl (C=O) groups is 1. The van der Waals surface area contributed by atoms with Crippen LogP contribution in [0.2, 0.25) is 0 Å². The van der Waals surface area contributed by atoms with Gasteiger partial charge in [-0.2, -0.15) is 0 Å². The van der Waals surface area contributed by atoms with Crippen molar-refractivity contribution in [2.24, 2.45) is 5.92 Å². The van der Waals surface area contributed by atoms with Crippen molar-refractivity contribution in [3.05, 3.63) is 29.8 Å². The molecule has 134 valence electrons. The molecule has 1 unspecified atom stereocenters. The fraction of sp³-hybridized carbons (Fsp3) is 0.550. The summed E-state index contributed by atoms with van der Waals surface area (Å²) in [6.07, 6.45) is 7.32. The molecule has 25 heavy (non-hydrogen) atoms. The van der Waals surface area contributed by atoms with E-state index in [9.17, 15) is 4.79 Å². The molecule has 2 aliphatic heterocycles. The predicted molar refractivity (Wildman–Crippen MR) is 96.2 cm³/mol.